The summed E-state index contributed by atoms with van der Waals surface area (Å²) in [6.07, 6.45) is 5.51. The third-order valence-corrected chi connectivity index (χ3v) is 22.5. The van der Waals surface area contributed by atoms with E-state index < -0.39 is 0 Å². The van der Waals surface area contributed by atoms with Gasteiger partial charge in [0.05, 0.1) is 6.10 Å². The predicted molar refractivity (Wildman–Crippen MR) is 264 cm³/mol. The fourth-order valence-corrected chi connectivity index (χ4v) is 16.9. The average Bonchev–Trinajstić information content (AvgIpc) is 3.82. The van der Waals surface area contributed by atoms with Crippen molar-refractivity contribution < 1.29 is 81.6 Å². The topological polar surface area (TPSA) is 120 Å². The van der Waals surface area contributed by atoms with Gasteiger partial charge >= 0.3 is 42.4 Å². The molecule has 0 amide bonds. The largest absolute Gasteiger partial charge is 0.691 e. The summed E-state index contributed by atoms with van der Waals surface area (Å²) in [5.41, 5.74) is 4.73. The number of halogens is 2. The second-order valence-electron chi connectivity index (χ2n) is 23.1. The van der Waals surface area contributed by atoms with E-state index in [2.05, 4.69) is 212 Å². The highest BCUT2D eigenvalue weighted by atomic mass is 127. The zero-order chi connectivity index (χ0) is 50.2. The second kappa shape index (κ2) is 24.0. The van der Waals surface area contributed by atoms with Crippen LogP contribution < -0.4 is 52.9 Å². The van der Waals surface area contributed by atoms with Gasteiger partial charge in [-0.25, -0.2) is 0 Å². The quantitative estimate of drug-likeness (QED) is 0.0612. The van der Waals surface area contributed by atoms with Crippen LogP contribution in [0.5, 0.6) is 0 Å². The summed E-state index contributed by atoms with van der Waals surface area (Å²) in [6.45, 7) is 29.1. The normalized spacial score (nSPS) is 24.4. The Morgan fingerprint density at radius 2 is 0.971 bits per heavy atom. The van der Waals surface area contributed by atoms with E-state index in [1.807, 2.05) is 0 Å². The maximum absolute atomic E-state index is 12.0. The van der Waals surface area contributed by atoms with E-state index in [9.17, 15) is 20.4 Å². The molecule has 4 saturated carbocycles. The lowest BCUT2D eigenvalue weighted by Crippen LogP contribution is -3.61. The van der Waals surface area contributed by atoms with Gasteiger partial charge in [0.2, 0.25) is 0 Å². The Morgan fingerprint density at radius 1 is 0.574 bits per heavy atom. The monoisotopic (exact) mass is 1190 g/mol. The van der Waals surface area contributed by atoms with Crippen LogP contribution in [0.3, 0.4) is 0 Å². The van der Waals surface area contributed by atoms with Crippen LogP contribution in [0.15, 0.2) is 103 Å². The molecular formula is C56H76I2O8S2. The van der Waals surface area contributed by atoms with E-state index in [-0.39, 0.29) is 86.4 Å². The van der Waals surface area contributed by atoms with Crippen LogP contribution in [-0.4, -0.2) is 28.5 Å². The van der Waals surface area contributed by atoms with Gasteiger partial charge in [0.15, 0.2) is 14.3 Å². The first-order chi connectivity index (χ1) is 31.8. The molecule has 0 aromatic heterocycles. The maximum atomic E-state index is 12.0. The molecule has 4 aliphatic rings. The zero-order valence-corrected chi connectivity index (χ0v) is 48.5. The summed E-state index contributed by atoms with van der Waals surface area (Å²) < 4.78 is 14.6. The van der Waals surface area contributed by atoms with Gasteiger partial charge in [-0.05, 0) is 136 Å². The van der Waals surface area contributed by atoms with Gasteiger partial charge in [-0.2, -0.15) is 8.67 Å². The Kier molecular flexibility index (Phi) is 20.2. The van der Waals surface area contributed by atoms with E-state index in [0.717, 1.165) is 49.8 Å². The minimum atomic E-state index is -0.305. The van der Waals surface area contributed by atoms with Gasteiger partial charge in [0.1, 0.15) is 5.78 Å². The van der Waals surface area contributed by atoms with Crippen molar-refractivity contribution in [3.8, 4) is 0 Å². The molecule has 374 valence electrons. The molecule has 4 aromatic carbocycles. The number of hydrogen-bond acceptors (Lipinski definition) is 10. The SMILES string of the molecule is CC(C)(C)c1ccc([I+]c2ccc(C(C)(C)C)cc2)cc1.CC(C)(C)c1ccc([I+]c2ccccc2)cc1.CC1(C)C2CCC1(CSOO[O-])C(=O)C2.CC1(C)C2CCC1(CSOO[O-])[C@H](O)C2. The molecule has 12 heteroatoms. The van der Waals surface area contributed by atoms with Gasteiger partial charge in [0, 0.05) is 52.8 Å². The van der Waals surface area contributed by atoms with Crippen molar-refractivity contribution in [1.29, 1.82) is 0 Å². The molecule has 0 heterocycles. The average molecular weight is 1200 g/mol. The van der Waals surface area contributed by atoms with Crippen molar-refractivity contribution in [3.63, 3.8) is 0 Å². The standard InChI is InChI=1S/C20H26I.C16H18I.C10H18O4S.C10H16O4S/c1-19(2,3)15-7-11-17(12-8-15)21-18-13-9-16(10-14-18)20(4,5)6;1-16(2,3)13-9-11-15(12-10-13)17-14-7-5-4-6-8-14;2*1-9(2)7-3-4-10(9,8(11)5-7)6-15-14-13-12/h7-14H,1-6H3;4-12H,1-3H3;7-8,11-12H,3-6H2,1-2H3;7,12H,3-6H2,1-2H3/q2*+1;;/p-2/t;;7?,8-,10?;/m..1./s1. The molecule has 8 nitrogen and oxygen atoms in total. The molecule has 4 bridgehead atoms. The van der Waals surface area contributed by atoms with Crippen molar-refractivity contribution in [2.75, 3.05) is 11.5 Å². The molecule has 8 rings (SSSR count). The number of benzene rings is 4. The van der Waals surface area contributed by atoms with Crippen LogP contribution in [0, 0.1) is 47.8 Å². The number of aliphatic hydroxyl groups excluding tert-OH is 1. The van der Waals surface area contributed by atoms with Crippen LogP contribution in [-0.2, 0) is 39.8 Å². The number of rotatable bonds is 12. The van der Waals surface area contributed by atoms with Crippen LogP contribution in [0.4, 0.5) is 0 Å². The van der Waals surface area contributed by atoms with Crippen LogP contribution >= 0.6 is 24.1 Å². The highest BCUT2D eigenvalue weighted by Gasteiger charge is 2.64. The van der Waals surface area contributed by atoms with E-state index in [1.165, 1.54) is 37.4 Å². The van der Waals surface area contributed by atoms with Gasteiger partial charge < -0.3 is 15.6 Å². The molecule has 0 spiro atoms. The van der Waals surface area contributed by atoms with Gasteiger partial charge in [-0.1, -0.05) is 145 Å². The van der Waals surface area contributed by atoms with Gasteiger partial charge in [0.25, 0.3) is 0 Å². The Balaban J connectivity index is 0.000000171. The highest BCUT2D eigenvalue weighted by Crippen LogP contribution is 2.67. The maximum Gasteiger partial charge on any atom is 0.357 e. The summed E-state index contributed by atoms with van der Waals surface area (Å²) in [5.74, 6) is 2.57. The highest BCUT2D eigenvalue weighted by molar-refractivity contribution is 7.94. The summed E-state index contributed by atoms with van der Waals surface area (Å²) >= 11 is 1.87. The number of aliphatic hydroxyl groups is 1. The molecule has 0 saturated heterocycles. The van der Waals surface area contributed by atoms with Crippen LogP contribution in [0.1, 0.15) is 145 Å². The van der Waals surface area contributed by atoms with Crippen LogP contribution in [0.2, 0.25) is 0 Å². The first-order valence-corrected chi connectivity index (χ1v) is 30.0. The molecule has 4 fully saturated rings. The number of fused-ring (bicyclic) bond motifs is 4. The number of carbonyl (C=O) groups is 1. The lowest BCUT2D eigenvalue weighted by atomic mass is 9.70. The molecule has 5 atom stereocenters. The smallest absolute Gasteiger partial charge is 0.357 e. The fraction of sp³-hybridized carbons (Fsp3) is 0.554. The molecule has 1 N–H and O–H groups in total. The zero-order valence-electron chi connectivity index (χ0n) is 42.6. The molecule has 0 radical (unpaired) electrons. The summed E-state index contributed by atoms with van der Waals surface area (Å²) in [5, 5.41) is 36.2. The number of Topliss-reactive ketones (excluding diaryl/α,β-unsaturated/α-hetero) is 1. The molecular weight excluding hydrogens is 1120 g/mol. The minimum absolute atomic E-state index is 0.0208. The van der Waals surface area contributed by atoms with Gasteiger partial charge in [-0.15, -0.1) is 0 Å². The van der Waals surface area contributed by atoms with Crippen molar-refractivity contribution in [3.05, 3.63) is 134 Å². The Morgan fingerprint density at radius 3 is 1.29 bits per heavy atom. The van der Waals surface area contributed by atoms with Crippen molar-refractivity contribution >= 4 is 29.9 Å². The Hall–Kier alpha value is -1.57. The number of hydrogen-bond donors (Lipinski definition) is 1. The molecule has 4 aliphatic carbocycles. The first kappa shape index (κ1) is 57.3. The molecule has 4 aromatic rings. The Labute approximate surface area is 437 Å². The number of ketones is 1. The molecule has 4 unspecified atom stereocenters. The number of carbonyl (C=O) groups excluding carboxylic acids is 1. The molecule has 0 aliphatic heterocycles. The van der Waals surface area contributed by atoms with E-state index in [1.54, 1.807) is 0 Å². The summed E-state index contributed by atoms with van der Waals surface area (Å²) in [6, 6.07) is 38.3. The summed E-state index contributed by atoms with van der Waals surface area (Å²) in [7, 11) is 0. The lowest BCUT2D eigenvalue weighted by Gasteiger charge is -2.39. The second-order valence-corrected chi connectivity index (χ2v) is 30.5. The first-order valence-electron chi connectivity index (χ1n) is 23.8. The Bertz CT molecular complexity index is 2130. The third-order valence-electron chi connectivity index (χ3n) is 15.6. The predicted octanol–water partition coefficient (Wildman–Crippen LogP) is 5.82. The van der Waals surface area contributed by atoms with Crippen molar-refractivity contribution in [1.82, 2.24) is 0 Å². The van der Waals surface area contributed by atoms with Gasteiger partial charge in [-0.3, -0.25) is 14.9 Å². The third kappa shape index (κ3) is 13.9. The van der Waals surface area contributed by atoms with E-state index >= 15 is 0 Å². The van der Waals surface area contributed by atoms with E-state index in [0.29, 0.717) is 35.5 Å². The summed E-state index contributed by atoms with van der Waals surface area (Å²) in [4.78, 5) is 12.0. The molecule has 68 heavy (non-hydrogen) atoms. The minimum Gasteiger partial charge on any atom is -0.691 e. The fourth-order valence-electron chi connectivity index (χ4n) is 10.5. The van der Waals surface area contributed by atoms with Crippen LogP contribution in [0.25, 0.3) is 0 Å². The van der Waals surface area contributed by atoms with Crippen molar-refractivity contribution in [2.24, 2.45) is 33.5 Å². The lowest BCUT2D eigenvalue weighted by molar-refractivity contribution is -0.777. The van der Waals surface area contributed by atoms with E-state index in [4.69, 9.17) is 0 Å². The van der Waals surface area contributed by atoms with Crippen molar-refractivity contribution in [2.45, 2.75) is 151 Å².